The highest BCUT2D eigenvalue weighted by atomic mass is 35.5. The minimum Gasteiger partial charge on any atom is -0.495 e. The average molecular weight is 278 g/mol. The van der Waals surface area contributed by atoms with Gasteiger partial charge in [-0.05, 0) is 18.2 Å². The molecule has 1 amide bonds. The highest BCUT2D eigenvalue weighted by molar-refractivity contribution is 6.34. The Morgan fingerprint density at radius 1 is 1.37 bits per heavy atom. The fourth-order valence-electron chi connectivity index (χ4n) is 1.51. The van der Waals surface area contributed by atoms with Crippen molar-refractivity contribution in [3.63, 3.8) is 0 Å². The monoisotopic (exact) mass is 277 g/mol. The molecule has 3 N–H and O–H groups in total. The minimum absolute atomic E-state index is 0.310. The third kappa shape index (κ3) is 3.14. The number of nitrogens with zero attached hydrogens (tertiary/aromatic N) is 1. The third-order valence-electron chi connectivity index (χ3n) is 2.44. The molecule has 0 aliphatic rings. The summed E-state index contributed by atoms with van der Waals surface area (Å²) in [6, 6.07) is 6.39. The number of anilines is 2. The number of ether oxygens (including phenoxy) is 1. The van der Waals surface area contributed by atoms with Crippen molar-refractivity contribution < 1.29 is 9.53 Å². The highest BCUT2D eigenvalue weighted by Crippen LogP contribution is 2.21. The first-order valence-electron chi connectivity index (χ1n) is 5.45. The van der Waals surface area contributed by atoms with E-state index in [1.54, 1.807) is 24.4 Å². The van der Waals surface area contributed by atoms with Crippen LogP contribution in [0.4, 0.5) is 11.4 Å². The summed E-state index contributed by atoms with van der Waals surface area (Å²) >= 11 is 5.96. The largest absolute Gasteiger partial charge is 0.495 e. The van der Waals surface area contributed by atoms with E-state index in [1.165, 1.54) is 19.4 Å². The predicted octanol–water partition coefficient (Wildman–Crippen LogP) is 2.58. The summed E-state index contributed by atoms with van der Waals surface area (Å²) in [7, 11) is 1.53. The maximum Gasteiger partial charge on any atom is 0.257 e. The molecule has 6 heteroatoms. The molecule has 1 aromatic carbocycles. The molecular formula is C13H12ClN3O2. The van der Waals surface area contributed by atoms with Crippen molar-refractivity contribution in [2.24, 2.45) is 0 Å². The van der Waals surface area contributed by atoms with Gasteiger partial charge in [0.05, 0.1) is 35.8 Å². The van der Waals surface area contributed by atoms with Crippen molar-refractivity contribution in [3.8, 4) is 5.75 Å². The number of nitrogens with two attached hydrogens (primary N) is 1. The molecule has 5 nitrogen and oxygen atoms in total. The Morgan fingerprint density at radius 3 is 2.89 bits per heavy atom. The molecule has 0 atom stereocenters. The number of methoxy groups -OCH3 is 1. The van der Waals surface area contributed by atoms with Crippen LogP contribution in [0.25, 0.3) is 0 Å². The maximum absolute atomic E-state index is 12.1. The van der Waals surface area contributed by atoms with Gasteiger partial charge in [0.2, 0.25) is 0 Å². The fraction of sp³-hybridized carbons (Fsp3) is 0.0769. The molecule has 98 valence electrons. The van der Waals surface area contributed by atoms with Gasteiger partial charge >= 0.3 is 0 Å². The molecule has 0 saturated heterocycles. The lowest BCUT2D eigenvalue weighted by Crippen LogP contribution is -2.13. The van der Waals surface area contributed by atoms with Crippen LogP contribution in [-0.2, 0) is 0 Å². The van der Waals surface area contributed by atoms with E-state index < -0.39 is 0 Å². The van der Waals surface area contributed by atoms with Crippen molar-refractivity contribution in [2.45, 2.75) is 0 Å². The zero-order valence-electron chi connectivity index (χ0n) is 10.2. The van der Waals surface area contributed by atoms with Gasteiger partial charge in [-0.25, -0.2) is 0 Å². The van der Waals surface area contributed by atoms with Gasteiger partial charge < -0.3 is 15.8 Å². The number of halogens is 1. The Bertz CT molecular complexity index is 617. The number of nitrogens with one attached hydrogen (secondary N) is 1. The molecule has 2 rings (SSSR count). The number of carbonyl (C=O) groups is 1. The van der Waals surface area contributed by atoms with E-state index in [1.807, 2.05) is 0 Å². The van der Waals surface area contributed by atoms with E-state index in [4.69, 9.17) is 22.1 Å². The van der Waals surface area contributed by atoms with Gasteiger partial charge in [0.15, 0.2) is 0 Å². The Kier molecular flexibility index (Phi) is 3.87. The molecule has 0 aliphatic heterocycles. The Morgan fingerprint density at radius 2 is 2.16 bits per heavy atom. The van der Waals surface area contributed by atoms with Gasteiger partial charge in [0.1, 0.15) is 5.75 Å². The number of nitrogen functional groups attached to an aromatic ring is 1. The summed E-state index contributed by atoms with van der Waals surface area (Å²) in [4.78, 5) is 16.0. The molecular weight excluding hydrogens is 266 g/mol. The summed E-state index contributed by atoms with van der Waals surface area (Å²) in [5, 5.41) is 3.02. The second kappa shape index (κ2) is 5.58. The minimum atomic E-state index is -0.354. The quantitative estimate of drug-likeness (QED) is 0.846. The number of pyridine rings is 1. The number of benzene rings is 1. The lowest BCUT2D eigenvalue weighted by atomic mass is 10.2. The SMILES string of the molecule is COc1cncc(NC(=O)c2cc(N)ccc2Cl)c1. The summed E-state index contributed by atoms with van der Waals surface area (Å²) in [6.45, 7) is 0. The van der Waals surface area contributed by atoms with E-state index in [2.05, 4.69) is 10.3 Å². The molecule has 0 spiro atoms. The van der Waals surface area contributed by atoms with Crippen LogP contribution in [0.1, 0.15) is 10.4 Å². The first kappa shape index (κ1) is 13.2. The van der Waals surface area contributed by atoms with Gasteiger partial charge in [-0.1, -0.05) is 11.6 Å². The van der Waals surface area contributed by atoms with Crippen LogP contribution in [-0.4, -0.2) is 18.0 Å². The Balaban J connectivity index is 2.23. The number of rotatable bonds is 3. The lowest BCUT2D eigenvalue weighted by Gasteiger charge is -2.08. The van der Waals surface area contributed by atoms with Crippen LogP contribution >= 0.6 is 11.6 Å². The van der Waals surface area contributed by atoms with E-state index >= 15 is 0 Å². The van der Waals surface area contributed by atoms with Crippen LogP contribution in [0, 0.1) is 0 Å². The van der Waals surface area contributed by atoms with Crippen molar-refractivity contribution in [3.05, 3.63) is 47.2 Å². The van der Waals surface area contributed by atoms with Crippen LogP contribution in [0.5, 0.6) is 5.75 Å². The zero-order valence-corrected chi connectivity index (χ0v) is 10.9. The molecule has 1 aromatic heterocycles. The molecule has 19 heavy (non-hydrogen) atoms. The van der Waals surface area contributed by atoms with Gasteiger partial charge in [0, 0.05) is 11.8 Å². The topological polar surface area (TPSA) is 77.2 Å². The Hall–Kier alpha value is -2.27. The van der Waals surface area contributed by atoms with E-state index in [-0.39, 0.29) is 5.91 Å². The van der Waals surface area contributed by atoms with Gasteiger partial charge in [-0.15, -0.1) is 0 Å². The maximum atomic E-state index is 12.1. The molecule has 0 aliphatic carbocycles. The number of aromatic nitrogens is 1. The van der Waals surface area contributed by atoms with Gasteiger partial charge in [-0.3, -0.25) is 9.78 Å². The number of hydrogen-bond acceptors (Lipinski definition) is 4. The highest BCUT2D eigenvalue weighted by Gasteiger charge is 2.11. The van der Waals surface area contributed by atoms with Crippen molar-refractivity contribution in [1.82, 2.24) is 4.98 Å². The molecule has 0 fully saturated rings. The summed E-state index contributed by atoms with van der Waals surface area (Å²) in [5.74, 6) is 0.198. The molecule has 2 aromatic rings. The van der Waals surface area contributed by atoms with E-state index in [9.17, 15) is 4.79 Å². The first-order valence-corrected chi connectivity index (χ1v) is 5.83. The van der Waals surface area contributed by atoms with Crippen LogP contribution < -0.4 is 15.8 Å². The molecule has 0 unspecified atom stereocenters. The normalized spacial score (nSPS) is 10.0. The van der Waals surface area contributed by atoms with Gasteiger partial charge in [-0.2, -0.15) is 0 Å². The second-order valence-electron chi connectivity index (χ2n) is 3.81. The lowest BCUT2D eigenvalue weighted by molar-refractivity contribution is 0.102. The van der Waals surface area contributed by atoms with Crippen LogP contribution in [0.3, 0.4) is 0 Å². The van der Waals surface area contributed by atoms with Crippen LogP contribution in [0.2, 0.25) is 5.02 Å². The summed E-state index contributed by atoms with van der Waals surface area (Å²) in [5.41, 5.74) is 6.93. The number of amides is 1. The van der Waals surface area contributed by atoms with E-state index in [0.717, 1.165) is 0 Å². The number of hydrogen-bond donors (Lipinski definition) is 2. The average Bonchev–Trinajstić information content (AvgIpc) is 2.41. The standard InChI is InChI=1S/C13H12ClN3O2/c1-19-10-5-9(6-16-7-10)17-13(18)11-4-8(15)2-3-12(11)14/h2-7H,15H2,1H3,(H,17,18). The fourth-order valence-corrected chi connectivity index (χ4v) is 1.72. The first-order chi connectivity index (χ1) is 9.10. The van der Waals surface area contributed by atoms with Crippen molar-refractivity contribution in [2.75, 3.05) is 18.2 Å². The molecule has 1 heterocycles. The second-order valence-corrected chi connectivity index (χ2v) is 4.21. The smallest absolute Gasteiger partial charge is 0.257 e. The van der Waals surface area contributed by atoms with Crippen molar-refractivity contribution in [1.29, 1.82) is 0 Å². The summed E-state index contributed by atoms with van der Waals surface area (Å²) < 4.78 is 5.03. The zero-order chi connectivity index (χ0) is 13.8. The molecule has 0 radical (unpaired) electrons. The molecule has 0 saturated carbocycles. The van der Waals surface area contributed by atoms with E-state index in [0.29, 0.717) is 27.7 Å². The summed E-state index contributed by atoms with van der Waals surface area (Å²) in [6.07, 6.45) is 3.06. The van der Waals surface area contributed by atoms with Crippen LogP contribution in [0.15, 0.2) is 36.7 Å². The van der Waals surface area contributed by atoms with Gasteiger partial charge in [0.25, 0.3) is 5.91 Å². The van der Waals surface area contributed by atoms with Crippen molar-refractivity contribution >= 4 is 28.9 Å². The molecule has 0 bridgehead atoms. The number of carbonyl (C=O) groups excluding carboxylic acids is 1. The Labute approximate surface area is 115 Å². The third-order valence-corrected chi connectivity index (χ3v) is 2.77. The predicted molar refractivity (Wildman–Crippen MR) is 74.6 cm³/mol.